The van der Waals surface area contributed by atoms with Crippen molar-refractivity contribution in [2.24, 2.45) is 0 Å². The van der Waals surface area contributed by atoms with Gasteiger partial charge in [-0.25, -0.2) is 13.4 Å². The zero-order chi connectivity index (χ0) is 10.1. The molecule has 0 bridgehead atoms. The second kappa shape index (κ2) is 3.64. The van der Waals surface area contributed by atoms with Crippen LogP contribution in [0.2, 0.25) is 5.15 Å². The largest absolute Gasteiger partial charge is 0.241 e. The van der Waals surface area contributed by atoms with E-state index in [-0.39, 0.29) is 10.9 Å². The second-order valence-corrected chi connectivity index (χ2v) is 5.47. The Morgan fingerprint density at radius 1 is 1.46 bits per heavy atom. The van der Waals surface area contributed by atoms with Gasteiger partial charge in [-0.3, -0.25) is 0 Å². The second-order valence-electron chi connectivity index (χ2n) is 2.97. The lowest BCUT2D eigenvalue weighted by molar-refractivity contribution is 0.601. The number of aromatic nitrogens is 1. The van der Waals surface area contributed by atoms with Crippen LogP contribution in [-0.2, 0) is 15.6 Å². The Kier molecular flexibility index (Phi) is 2.93. The van der Waals surface area contributed by atoms with E-state index < -0.39 is 9.84 Å². The molecule has 13 heavy (non-hydrogen) atoms. The van der Waals surface area contributed by atoms with Crippen molar-refractivity contribution in [1.82, 2.24) is 4.98 Å². The molecule has 5 heteroatoms. The number of nitrogens with zero attached hydrogens (tertiary/aromatic N) is 1. The summed E-state index contributed by atoms with van der Waals surface area (Å²) in [5, 5.41) is 0.269. The van der Waals surface area contributed by atoms with Crippen LogP contribution >= 0.6 is 11.6 Å². The molecule has 0 amide bonds. The molecular weight excluding hydrogens is 210 g/mol. The van der Waals surface area contributed by atoms with Gasteiger partial charge in [-0.1, -0.05) is 17.7 Å². The maximum atomic E-state index is 11.0. The van der Waals surface area contributed by atoms with Crippen LogP contribution < -0.4 is 0 Å². The molecule has 3 nitrogen and oxygen atoms in total. The number of rotatable bonds is 2. The van der Waals surface area contributed by atoms with Crippen LogP contribution in [0.25, 0.3) is 0 Å². The van der Waals surface area contributed by atoms with E-state index >= 15 is 0 Å². The molecule has 72 valence electrons. The maximum absolute atomic E-state index is 11.0. The number of aryl methyl sites for hydroxylation is 1. The first-order valence-corrected chi connectivity index (χ1v) is 6.12. The van der Waals surface area contributed by atoms with Crippen LogP contribution in [0.15, 0.2) is 12.1 Å². The van der Waals surface area contributed by atoms with Crippen molar-refractivity contribution in [2.75, 3.05) is 6.26 Å². The zero-order valence-electron chi connectivity index (χ0n) is 7.41. The fourth-order valence-electron chi connectivity index (χ4n) is 0.944. The fraction of sp³-hybridized carbons (Fsp3) is 0.375. The quantitative estimate of drug-likeness (QED) is 0.710. The van der Waals surface area contributed by atoms with Crippen molar-refractivity contribution in [3.8, 4) is 0 Å². The molecule has 0 atom stereocenters. The molecule has 0 aromatic carbocycles. The highest BCUT2D eigenvalue weighted by atomic mass is 35.5. The molecule has 0 aliphatic rings. The minimum absolute atomic E-state index is 0.0564. The van der Waals surface area contributed by atoms with E-state index in [2.05, 4.69) is 4.98 Å². The molecule has 1 rings (SSSR count). The van der Waals surface area contributed by atoms with Crippen LogP contribution in [0.3, 0.4) is 0 Å². The summed E-state index contributed by atoms with van der Waals surface area (Å²) in [5.74, 6) is -0.0564. The first kappa shape index (κ1) is 10.5. The van der Waals surface area contributed by atoms with Gasteiger partial charge in [-0.05, 0) is 13.0 Å². The normalized spacial score (nSPS) is 11.6. The molecule has 0 aliphatic heterocycles. The van der Waals surface area contributed by atoms with E-state index in [1.807, 2.05) is 0 Å². The number of sulfone groups is 1. The molecule has 0 unspecified atom stereocenters. The van der Waals surface area contributed by atoms with E-state index in [9.17, 15) is 8.42 Å². The van der Waals surface area contributed by atoms with Gasteiger partial charge < -0.3 is 0 Å². The van der Waals surface area contributed by atoms with Crippen LogP contribution in [0.1, 0.15) is 11.3 Å². The fourth-order valence-corrected chi connectivity index (χ4v) is 2.08. The van der Waals surface area contributed by atoms with E-state index in [4.69, 9.17) is 11.6 Å². The third-order valence-corrected chi connectivity index (χ3v) is 2.65. The highest BCUT2D eigenvalue weighted by Gasteiger charge is 2.08. The van der Waals surface area contributed by atoms with Gasteiger partial charge in [0.15, 0.2) is 9.84 Å². The Balaban J connectivity index is 3.04. The van der Waals surface area contributed by atoms with Crippen molar-refractivity contribution < 1.29 is 8.42 Å². The molecule has 0 fully saturated rings. The average molecular weight is 220 g/mol. The van der Waals surface area contributed by atoms with Crippen molar-refractivity contribution in [3.63, 3.8) is 0 Å². The lowest BCUT2D eigenvalue weighted by Gasteiger charge is -2.02. The molecule has 1 heterocycles. The minimum atomic E-state index is -3.04. The Bertz CT molecular complexity index is 414. The molecule has 1 aromatic rings. The number of hydrogen-bond donors (Lipinski definition) is 0. The molecule has 0 N–H and O–H groups in total. The van der Waals surface area contributed by atoms with E-state index in [0.717, 1.165) is 5.69 Å². The third kappa shape index (κ3) is 3.32. The van der Waals surface area contributed by atoms with Gasteiger partial charge in [0.25, 0.3) is 0 Å². The SMILES string of the molecule is Cc1ccc(CS(C)(=O)=O)c(Cl)n1. The van der Waals surface area contributed by atoms with Crippen molar-refractivity contribution >= 4 is 21.4 Å². The molecular formula is C8H10ClNO2S. The Morgan fingerprint density at radius 2 is 2.08 bits per heavy atom. The standard InChI is InChI=1S/C8H10ClNO2S/c1-6-3-4-7(8(9)10-6)5-13(2,11)12/h3-4H,5H2,1-2H3. The van der Waals surface area contributed by atoms with Gasteiger partial charge in [-0.15, -0.1) is 0 Å². The van der Waals surface area contributed by atoms with Crippen molar-refractivity contribution in [1.29, 1.82) is 0 Å². The third-order valence-electron chi connectivity index (χ3n) is 1.48. The van der Waals surface area contributed by atoms with E-state index in [1.165, 1.54) is 6.26 Å². The summed E-state index contributed by atoms with van der Waals surface area (Å²) in [6.45, 7) is 1.80. The molecule has 0 saturated heterocycles. The summed E-state index contributed by atoms with van der Waals surface area (Å²) in [4.78, 5) is 3.96. The average Bonchev–Trinajstić information content (AvgIpc) is 1.93. The molecule has 0 saturated carbocycles. The van der Waals surface area contributed by atoms with Gasteiger partial charge in [-0.2, -0.15) is 0 Å². The van der Waals surface area contributed by atoms with Gasteiger partial charge in [0.05, 0.1) is 5.75 Å². The molecule has 0 spiro atoms. The summed E-state index contributed by atoms with van der Waals surface area (Å²) in [7, 11) is -3.04. The number of halogens is 1. The van der Waals surface area contributed by atoms with Gasteiger partial charge >= 0.3 is 0 Å². The van der Waals surface area contributed by atoms with Crippen LogP contribution in [0.4, 0.5) is 0 Å². The maximum Gasteiger partial charge on any atom is 0.151 e. The monoisotopic (exact) mass is 219 g/mol. The minimum Gasteiger partial charge on any atom is -0.241 e. The summed E-state index contributed by atoms with van der Waals surface area (Å²) in [5.41, 5.74) is 1.33. The van der Waals surface area contributed by atoms with Gasteiger partial charge in [0, 0.05) is 17.5 Å². The predicted molar refractivity (Wildman–Crippen MR) is 52.5 cm³/mol. The summed E-state index contributed by atoms with van der Waals surface area (Å²) < 4.78 is 21.9. The Morgan fingerprint density at radius 3 is 2.54 bits per heavy atom. The highest BCUT2D eigenvalue weighted by molar-refractivity contribution is 7.89. The number of pyridine rings is 1. The first-order chi connectivity index (χ1) is 5.88. The van der Waals surface area contributed by atoms with Crippen LogP contribution in [-0.4, -0.2) is 19.7 Å². The summed E-state index contributed by atoms with van der Waals surface area (Å²) in [6, 6.07) is 3.43. The highest BCUT2D eigenvalue weighted by Crippen LogP contribution is 2.15. The first-order valence-electron chi connectivity index (χ1n) is 3.68. The smallest absolute Gasteiger partial charge is 0.151 e. The van der Waals surface area contributed by atoms with Crippen LogP contribution in [0, 0.1) is 6.92 Å². The van der Waals surface area contributed by atoms with Gasteiger partial charge in [0.2, 0.25) is 0 Å². The van der Waals surface area contributed by atoms with Crippen LogP contribution in [0.5, 0.6) is 0 Å². The molecule has 0 radical (unpaired) electrons. The number of hydrogen-bond acceptors (Lipinski definition) is 3. The van der Waals surface area contributed by atoms with E-state index in [1.54, 1.807) is 19.1 Å². The van der Waals surface area contributed by atoms with Crippen molar-refractivity contribution in [2.45, 2.75) is 12.7 Å². The lowest BCUT2D eigenvalue weighted by Crippen LogP contribution is -2.02. The van der Waals surface area contributed by atoms with Crippen molar-refractivity contribution in [3.05, 3.63) is 28.5 Å². The molecule has 1 aromatic heterocycles. The summed E-state index contributed by atoms with van der Waals surface area (Å²) in [6.07, 6.45) is 1.17. The Hall–Kier alpha value is -0.610. The Labute approximate surface area is 82.7 Å². The molecule has 0 aliphatic carbocycles. The summed E-state index contributed by atoms with van der Waals surface area (Å²) >= 11 is 5.76. The topological polar surface area (TPSA) is 47.0 Å². The lowest BCUT2D eigenvalue weighted by atomic mass is 10.3. The van der Waals surface area contributed by atoms with E-state index in [0.29, 0.717) is 5.56 Å². The van der Waals surface area contributed by atoms with Gasteiger partial charge in [0.1, 0.15) is 5.15 Å². The zero-order valence-corrected chi connectivity index (χ0v) is 8.98. The predicted octanol–water partition coefficient (Wildman–Crippen LogP) is 1.59.